The quantitative estimate of drug-likeness (QED) is 0.857. The van der Waals surface area contributed by atoms with Gasteiger partial charge < -0.3 is 15.7 Å². The predicted octanol–water partition coefficient (Wildman–Crippen LogP) is 0.860. The number of hydrogen-bond acceptors (Lipinski definition) is 3. The van der Waals surface area contributed by atoms with Crippen LogP contribution in [0.1, 0.15) is 23.1 Å². The molecule has 1 aliphatic rings. The van der Waals surface area contributed by atoms with Crippen LogP contribution in [0.4, 0.5) is 0 Å². The smallest absolute Gasteiger partial charge is 0.325 e. The zero-order valence-electron chi connectivity index (χ0n) is 11.8. The number of nitrogens with two attached hydrogens (primary N) is 1. The zero-order valence-corrected chi connectivity index (χ0v) is 11.8. The first-order valence-electron chi connectivity index (χ1n) is 6.68. The standard InChI is InChI=1S/C15H20N2O3/c1-10-3-4-11(2)12(7-10)8-13(18)17-6-5-15(16,9-17)14(19)20/h3-4,7H,5-6,8-9,16H2,1-2H3,(H,19,20). The molecule has 3 N–H and O–H groups in total. The number of nitrogens with zero attached hydrogens (tertiary/aromatic N) is 1. The van der Waals surface area contributed by atoms with Crippen molar-refractivity contribution in [2.45, 2.75) is 32.2 Å². The average Bonchev–Trinajstić information content (AvgIpc) is 2.78. The minimum absolute atomic E-state index is 0.0627. The first-order chi connectivity index (χ1) is 9.32. The van der Waals surface area contributed by atoms with Crippen LogP contribution in [0.2, 0.25) is 0 Å². The summed E-state index contributed by atoms with van der Waals surface area (Å²) in [6.07, 6.45) is 0.601. The molecule has 0 aliphatic carbocycles. The Labute approximate surface area is 118 Å². The van der Waals surface area contributed by atoms with Gasteiger partial charge in [0.2, 0.25) is 5.91 Å². The lowest BCUT2D eigenvalue weighted by Gasteiger charge is -2.20. The summed E-state index contributed by atoms with van der Waals surface area (Å²) in [6.45, 7) is 4.45. The monoisotopic (exact) mass is 276 g/mol. The molecule has 2 rings (SSSR count). The Balaban J connectivity index is 2.07. The summed E-state index contributed by atoms with van der Waals surface area (Å²) in [5.74, 6) is -1.10. The number of carboxylic acids is 1. The van der Waals surface area contributed by atoms with Crippen molar-refractivity contribution in [1.82, 2.24) is 4.90 Å². The van der Waals surface area contributed by atoms with E-state index in [1.807, 2.05) is 32.0 Å². The molecule has 1 aromatic rings. The number of benzene rings is 1. The number of carbonyl (C=O) groups is 2. The van der Waals surface area contributed by atoms with Crippen molar-refractivity contribution < 1.29 is 14.7 Å². The van der Waals surface area contributed by atoms with E-state index in [-0.39, 0.29) is 12.5 Å². The van der Waals surface area contributed by atoms with E-state index in [2.05, 4.69) is 0 Å². The van der Waals surface area contributed by atoms with E-state index < -0.39 is 11.5 Å². The zero-order chi connectivity index (χ0) is 14.9. The van der Waals surface area contributed by atoms with Gasteiger partial charge >= 0.3 is 5.97 Å². The van der Waals surface area contributed by atoms with Crippen molar-refractivity contribution >= 4 is 11.9 Å². The summed E-state index contributed by atoms with van der Waals surface area (Å²) < 4.78 is 0. The van der Waals surface area contributed by atoms with E-state index in [4.69, 9.17) is 10.8 Å². The van der Waals surface area contributed by atoms with Gasteiger partial charge in [-0.15, -0.1) is 0 Å². The maximum atomic E-state index is 12.3. The second-order valence-corrected chi connectivity index (χ2v) is 5.63. The number of aliphatic carboxylic acids is 1. The maximum Gasteiger partial charge on any atom is 0.325 e. The van der Waals surface area contributed by atoms with Gasteiger partial charge in [0.25, 0.3) is 0 Å². The van der Waals surface area contributed by atoms with E-state index in [0.29, 0.717) is 19.4 Å². The Bertz CT molecular complexity index is 556. The van der Waals surface area contributed by atoms with Crippen molar-refractivity contribution in [1.29, 1.82) is 0 Å². The molecule has 1 atom stereocenters. The average molecular weight is 276 g/mol. The summed E-state index contributed by atoms with van der Waals surface area (Å²) in [5.41, 5.74) is 7.66. The Morgan fingerprint density at radius 3 is 2.70 bits per heavy atom. The fourth-order valence-electron chi connectivity index (χ4n) is 2.49. The highest BCUT2D eigenvalue weighted by atomic mass is 16.4. The predicted molar refractivity (Wildman–Crippen MR) is 75.4 cm³/mol. The highest BCUT2D eigenvalue weighted by molar-refractivity contribution is 5.84. The van der Waals surface area contributed by atoms with Gasteiger partial charge in [-0.1, -0.05) is 23.8 Å². The minimum Gasteiger partial charge on any atom is -0.480 e. The van der Waals surface area contributed by atoms with Crippen LogP contribution >= 0.6 is 0 Å². The van der Waals surface area contributed by atoms with Crippen LogP contribution in [0.3, 0.4) is 0 Å². The number of rotatable bonds is 3. The van der Waals surface area contributed by atoms with Crippen molar-refractivity contribution in [3.63, 3.8) is 0 Å². The third-order valence-corrected chi connectivity index (χ3v) is 3.93. The lowest BCUT2D eigenvalue weighted by Crippen LogP contribution is -2.50. The molecule has 1 fully saturated rings. The first-order valence-corrected chi connectivity index (χ1v) is 6.68. The molecular weight excluding hydrogens is 256 g/mol. The number of aryl methyl sites for hydroxylation is 2. The van der Waals surface area contributed by atoms with E-state index in [1.165, 1.54) is 0 Å². The fourth-order valence-corrected chi connectivity index (χ4v) is 2.49. The van der Waals surface area contributed by atoms with Gasteiger partial charge in [-0.05, 0) is 31.4 Å². The van der Waals surface area contributed by atoms with Crippen LogP contribution in [0.25, 0.3) is 0 Å². The first kappa shape index (κ1) is 14.5. The van der Waals surface area contributed by atoms with E-state index in [9.17, 15) is 9.59 Å². The van der Waals surface area contributed by atoms with Crippen molar-refractivity contribution in [2.75, 3.05) is 13.1 Å². The van der Waals surface area contributed by atoms with E-state index >= 15 is 0 Å². The molecule has 1 saturated heterocycles. The number of hydrogen-bond donors (Lipinski definition) is 2. The van der Waals surface area contributed by atoms with E-state index in [0.717, 1.165) is 16.7 Å². The van der Waals surface area contributed by atoms with Gasteiger partial charge in [-0.25, -0.2) is 0 Å². The molecule has 0 spiro atoms. The van der Waals surface area contributed by atoms with Crippen LogP contribution in [-0.4, -0.2) is 40.5 Å². The van der Waals surface area contributed by atoms with Crippen molar-refractivity contribution in [2.24, 2.45) is 5.73 Å². The summed E-state index contributed by atoms with van der Waals surface area (Å²) in [4.78, 5) is 24.9. The van der Waals surface area contributed by atoms with Crippen molar-refractivity contribution in [3.8, 4) is 0 Å². The molecule has 20 heavy (non-hydrogen) atoms. The summed E-state index contributed by atoms with van der Waals surface area (Å²) in [7, 11) is 0. The molecule has 1 amide bonds. The molecule has 1 aliphatic heterocycles. The topological polar surface area (TPSA) is 83.6 Å². The van der Waals surface area contributed by atoms with Gasteiger partial charge in [0, 0.05) is 13.1 Å². The molecular formula is C15H20N2O3. The molecule has 108 valence electrons. The Kier molecular flexibility index (Phi) is 3.81. The van der Waals surface area contributed by atoms with E-state index in [1.54, 1.807) is 4.90 Å². The highest BCUT2D eigenvalue weighted by Crippen LogP contribution is 2.21. The lowest BCUT2D eigenvalue weighted by molar-refractivity contribution is -0.143. The van der Waals surface area contributed by atoms with Crippen LogP contribution < -0.4 is 5.73 Å². The molecule has 1 unspecified atom stereocenters. The van der Waals surface area contributed by atoms with Gasteiger partial charge in [0.1, 0.15) is 5.54 Å². The molecule has 0 radical (unpaired) electrons. The third-order valence-electron chi connectivity index (χ3n) is 3.93. The van der Waals surface area contributed by atoms with Crippen LogP contribution in [0.15, 0.2) is 18.2 Å². The van der Waals surface area contributed by atoms with Crippen molar-refractivity contribution in [3.05, 3.63) is 34.9 Å². The number of carbonyl (C=O) groups excluding carboxylic acids is 1. The molecule has 0 aromatic heterocycles. The molecule has 0 saturated carbocycles. The summed E-state index contributed by atoms with van der Waals surface area (Å²) in [5, 5.41) is 9.08. The van der Waals surface area contributed by atoms with Crippen LogP contribution in [0, 0.1) is 13.8 Å². The number of amides is 1. The second kappa shape index (κ2) is 5.25. The largest absolute Gasteiger partial charge is 0.480 e. The van der Waals surface area contributed by atoms with Gasteiger partial charge in [-0.2, -0.15) is 0 Å². The summed E-state index contributed by atoms with van der Waals surface area (Å²) in [6, 6.07) is 6.00. The Morgan fingerprint density at radius 2 is 2.10 bits per heavy atom. The maximum absolute atomic E-state index is 12.3. The minimum atomic E-state index is -1.29. The van der Waals surface area contributed by atoms with Gasteiger partial charge in [0.15, 0.2) is 0 Å². The van der Waals surface area contributed by atoms with Gasteiger partial charge in [0.05, 0.1) is 6.42 Å². The van der Waals surface area contributed by atoms with Crippen LogP contribution in [-0.2, 0) is 16.0 Å². The fraction of sp³-hybridized carbons (Fsp3) is 0.467. The Hall–Kier alpha value is -1.88. The lowest BCUT2D eigenvalue weighted by atomic mass is 10.0. The molecule has 1 heterocycles. The van der Waals surface area contributed by atoms with Gasteiger partial charge in [-0.3, -0.25) is 9.59 Å². The highest BCUT2D eigenvalue weighted by Gasteiger charge is 2.42. The second-order valence-electron chi connectivity index (χ2n) is 5.63. The molecule has 5 nitrogen and oxygen atoms in total. The molecule has 1 aromatic carbocycles. The molecule has 0 bridgehead atoms. The number of likely N-dealkylation sites (tertiary alicyclic amines) is 1. The third kappa shape index (κ3) is 2.82. The number of carboxylic acid groups (broad SMARTS) is 1. The Morgan fingerprint density at radius 1 is 1.40 bits per heavy atom. The summed E-state index contributed by atoms with van der Waals surface area (Å²) >= 11 is 0. The molecule has 5 heteroatoms. The van der Waals surface area contributed by atoms with Crippen LogP contribution in [0.5, 0.6) is 0 Å². The SMILES string of the molecule is Cc1ccc(C)c(CC(=O)N2CCC(N)(C(=O)O)C2)c1. The normalized spacial score (nSPS) is 22.1.